The third-order valence-electron chi connectivity index (χ3n) is 2.66. The summed E-state index contributed by atoms with van der Waals surface area (Å²) in [6.07, 6.45) is 1.61. The number of anilines is 1. The molecular formula is C15H18FN3O. The fourth-order valence-electron chi connectivity index (χ4n) is 1.54. The van der Waals surface area contributed by atoms with E-state index in [0.717, 1.165) is 6.54 Å². The second kappa shape index (κ2) is 6.32. The van der Waals surface area contributed by atoms with Crippen molar-refractivity contribution < 1.29 is 9.13 Å². The molecule has 1 N–H and O–H groups in total. The molecule has 0 aliphatic carbocycles. The summed E-state index contributed by atoms with van der Waals surface area (Å²) in [6, 6.07) is 6.36. The predicted molar refractivity (Wildman–Crippen MR) is 76.6 cm³/mol. The molecule has 0 atom stereocenters. The maximum Gasteiger partial charge on any atom is 0.225 e. The Balaban J connectivity index is 2.08. The number of benzene rings is 1. The van der Waals surface area contributed by atoms with Crippen molar-refractivity contribution in [3.63, 3.8) is 0 Å². The zero-order chi connectivity index (χ0) is 14.5. The highest BCUT2D eigenvalue weighted by molar-refractivity contribution is 5.33. The molecule has 0 saturated heterocycles. The van der Waals surface area contributed by atoms with Gasteiger partial charge in [0.05, 0.1) is 0 Å². The molecule has 2 aromatic rings. The van der Waals surface area contributed by atoms with Crippen LogP contribution in [0.15, 0.2) is 30.5 Å². The van der Waals surface area contributed by atoms with Crippen molar-refractivity contribution in [2.75, 3.05) is 11.9 Å². The van der Waals surface area contributed by atoms with Crippen LogP contribution in [0.3, 0.4) is 0 Å². The van der Waals surface area contributed by atoms with Gasteiger partial charge in [-0.3, -0.25) is 0 Å². The fraction of sp³-hybridized carbons (Fsp3) is 0.333. The van der Waals surface area contributed by atoms with Gasteiger partial charge in [0.1, 0.15) is 11.6 Å². The van der Waals surface area contributed by atoms with E-state index in [-0.39, 0.29) is 5.82 Å². The van der Waals surface area contributed by atoms with Gasteiger partial charge >= 0.3 is 0 Å². The van der Waals surface area contributed by atoms with E-state index in [4.69, 9.17) is 4.74 Å². The summed E-state index contributed by atoms with van der Waals surface area (Å²) in [7, 11) is 0. The number of nitrogens with one attached hydrogen (secondary N) is 1. The minimum atomic E-state index is -0.297. The van der Waals surface area contributed by atoms with Crippen molar-refractivity contribution in [1.29, 1.82) is 0 Å². The molecule has 0 radical (unpaired) electrons. The lowest BCUT2D eigenvalue weighted by molar-refractivity contribution is 0.457. The van der Waals surface area contributed by atoms with Crippen molar-refractivity contribution >= 4 is 5.95 Å². The second-order valence-corrected chi connectivity index (χ2v) is 5.01. The summed E-state index contributed by atoms with van der Waals surface area (Å²) in [5.41, 5.74) is 0.583. The minimum absolute atomic E-state index is 0.297. The number of hydrogen-bond donors (Lipinski definition) is 1. The maximum atomic E-state index is 13.4. The zero-order valence-corrected chi connectivity index (χ0v) is 11.9. The molecule has 0 amide bonds. The highest BCUT2D eigenvalue weighted by Crippen LogP contribution is 2.22. The summed E-state index contributed by atoms with van der Waals surface area (Å²) in [6.45, 7) is 6.69. The largest absolute Gasteiger partial charge is 0.439 e. The molecule has 1 aromatic heterocycles. The molecule has 0 fully saturated rings. The molecule has 106 valence electrons. The van der Waals surface area contributed by atoms with Crippen LogP contribution in [0.4, 0.5) is 10.3 Å². The molecule has 0 unspecified atom stereocenters. The number of aromatic nitrogens is 2. The van der Waals surface area contributed by atoms with Gasteiger partial charge in [0.2, 0.25) is 11.8 Å². The summed E-state index contributed by atoms with van der Waals surface area (Å²) in [4.78, 5) is 8.33. The molecule has 0 bridgehead atoms. The lowest BCUT2D eigenvalue weighted by atomic mass is 10.2. The normalized spacial score (nSPS) is 10.7. The third kappa shape index (κ3) is 3.91. The number of rotatable bonds is 5. The molecule has 0 aliphatic heterocycles. The van der Waals surface area contributed by atoms with Gasteiger partial charge in [-0.25, -0.2) is 9.37 Å². The summed E-state index contributed by atoms with van der Waals surface area (Å²) >= 11 is 0. The van der Waals surface area contributed by atoms with Crippen molar-refractivity contribution in [3.8, 4) is 11.6 Å². The first kappa shape index (κ1) is 14.2. The van der Waals surface area contributed by atoms with E-state index in [0.29, 0.717) is 29.1 Å². The van der Waals surface area contributed by atoms with Gasteiger partial charge in [0.15, 0.2) is 0 Å². The monoisotopic (exact) mass is 275 g/mol. The summed E-state index contributed by atoms with van der Waals surface area (Å²) in [5.74, 6) is 1.50. The van der Waals surface area contributed by atoms with Gasteiger partial charge in [0.25, 0.3) is 0 Å². The van der Waals surface area contributed by atoms with Crippen molar-refractivity contribution in [3.05, 3.63) is 41.8 Å². The lowest BCUT2D eigenvalue weighted by Crippen LogP contribution is -2.10. The van der Waals surface area contributed by atoms with Gasteiger partial charge in [-0.1, -0.05) is 19.9 Å². The van der Waals surface area contributed by atoms with Crippen LogP contribution in [0, 0.1) is 18.7 Å². The maximum absolute atomic E-state index is 13.4. The number of hydrogen-bond acceptors (Lipinski definition) is 4. The van der Waals surface area contributed by atoms with Crippen LogP contribution < -0.4 is 10.1 Å². The van der Waals surface area contributed by atoms with Crippen LogP contribution in [-0.4, -0.2) is 16.5 Å². The lowest BCUT2D eigenvalue weighted by Gasteiger charge is -2.09. The first-order chi connectivity index (χ1) is 9.54. The van der Waals surface area contributed by atoms with Crippen molar-refractivity contribution in [2.24, 2.45) is 5.92 Å². The Labute approximate surface area is 118 Å². The first-order valence-corrected chi connectivity index (χ1v) is 6.55. The van der Waals surface area contributed by atoms with Gasteiger partial charge in [-0.15, -0.1) is 0 Å². The van der Waals surface area contributed by atoms with E-state index in [1.807, 2.05) is 0 Å². The van der Waals surface area contributed by atoms with Crippen LogP contribution in [0.1, 0.15) is 19.4 Å². The number of nitrogens with zero attached hydrogens (tertiary/aromatic N) is 2. The van der Waals surface area contributed by atoms with E-state index >= 15 is 0 Å². The third-order valence-corrected chi connectivity index (χ3v) is 2.66. The number of halogens is 1. The number of ether oxygens (including phenoxy) is 1. The average molecular weight is 275 g/mol. The first-order valence-electron chi connectivity index (χ1n) is 6.55. The Morgan fingerprint density at radius 3 is 2.80 bits per heavy atom. The van der Waals surface area contributed by atoms with Crippen LogP contribution in [0.2, 0.25) is 0 Å². The SMILES string of the molecule is Cc1ccc(Oc2ccnc(NCC(C)C)n2)cc1F. The van der Waals surface area contributed by atoms with Crippen LogP contribution in [0.5, 0.6) is 11.6 Å². The Morgan fingerprint density at radius 2 is 2.10 bits per heavy atom. The van der Waals surface area contributed by atoms with Gasteiger partial charge in [-0.05, 0) is 24.5 Å². The zero-order valence-electron chi connectivity index (χ0n) is 11.9. The molecular weight excluding hydrogens is 257 g/mol. The molecule has 20 heavy (non-hydrogen) atoms. The smallest absolute Gasteiger partial charge is 0.225 e. The van der Waals surface area contributed by atoms with Crippen LogP contribution >= 0.6 is 0 Å². The molecule has 5 heteroatoms. The number of aryl methyl sites for hydroxylation is 1. The van der Waals surface area contributed by atoms with E-state index < -0.39 is 0 Å². The van der Waals surface area contributed by atoms with Crippen LogP contribution in [-0.2, 0) is 0 Å². The Kier molecular flexibility index (Phi) is 4.50. The Morgan fingerprint density at radius 1 is 1.30 bits per heavy atom. The molecule has 0 saturated carbocycles. The average Bonchev–Trinajstić information content (AvgIpc) is 2.41. The van der Waals surface area contributed by atoms with Crippen LogP contribution in [0.25, 0.3) is 0 Å². The highest BCUT2D eigenvalue weighted by Gasteiger charge is 2.05. The molecule has 1 aromatic carbocycles. The minimum Gasteiger partial charge on any atom is -0.439 e. The Hall–Kier alpha value is -2.17. The van der Waals surface area contributed by atoms with Gasteiger partial charge in [-0.2, -0.15) is 4.98 Å². The quantitative estimate of drug-likeness (QED) is 0.902. The fourth-order valence-corrected chi connectivity index (χ4v) is 1.54. The van der Waals surface area contributed by atoms with E-state index in [1.54, 1.807) is 31.3 Å². The van der Waals surface area contributed by atoms with E-state index in [9.17, 15) is 4.39 Å². The molecule has 2 rings (SSSR count). The summed E-state index contributed by atoms with van der Waals surface area (Å²) < 4.78 is 19.0. The van der Waals surface area contributed by atoms with Crippen molar-refractivity contribution in [2.45, 2.75) is 20.8 Å². The molecule has 4 nitrogen and oxygen atoms in total. The molecule has 0 spiro atoms. The highest BCUT2D eigenvalue weighted by atomic mass is 19.1. The standard InChI is InChI=1S/C15H18FN3O/c1-10(2)9-18-15-17-7-6-14(19-15)20-12-5-4-11(3)13(16)8-12/h4-8,10H,9H2,1-3H3,(H,17,18,19). The topological polar surface area (TPSA) is 47.0 Å². The van der Waals surface area contributed by atoms with Gasteiger partial charge < -0.3 is 10.1 Å². The van der Waals surface area contributed by atoms with E-state index in [1.165, 1.54) is 6.07 Å². The van der Waals surface area contributed by atoms with Crippen molar-refractivity contribution in [1.82, 2.24) is 9.97 Å². The summed E-state index contributed by atoms with van der Waals surface area (Å²) in [5, 5.41) is 3.11. The van der Waals surface area contributed by atoms with Gasteiger partial charge in [0, 0.05) is 24.9 Å². The Bertz CT molecular complexity index is 587. The molecule has 0 aliphatic rings. The molecule has 1 heterocycles. The second-order valence-electron chi connectivity index (χ2n) is 5.01. The predicted octanol–water partition coefficient (Wildman–Crippen LogP) is 3.78. The van der Waals surface area contributed by atoms with E-state index in [2.05, 4.69) is 29.1 Å².